The molecule has 1 heterocycles. The van der Waals surface area contributed by atoms with Crippen molar-refractivity contribution in [2.45, 2.75) is 232 Å². The highest BCUT2D eigenvalue weighted by Crippen LogP contribution is 2.37. The zero-order valence-electron chi connectivity index (χ0n) is 60.3. The second-order valence-electron chi connectivity index (χ2n) is 29.1. The Morgan fingerprint density at radius 2 is 1.05 bits per heavy atom. The van der Waals surface area contributed by atoms with Crippen LogP contribution in [0.4, 0.5) is 9.59 Å². The number of benzene rings is 2. The summed E-state index contributed by atoms with van der Waals surface area (Å²) in [5.74, 6) is 1.98. The Bertz CT molecular complexity index is 2540. The smallest absolute Gasteiger partial charge is 0.408 e. The molecular weight excluding hydrogens is 1190 g/mol. The number of esters is 1. The van der Waals surface area contributed by atoms with Crippen molar-refractivity contribution in [3.05, 3.63) is 47.5 Å². The van der Waals surface area contributed by atoms with Crippen molar-refractivity contribution in [2.24, 2.45) is 75.4 Å². The van der Waals surface area contributed by atoms with Crippen LogP contribution >= 0.6 is 0 Å². The molecule has 1 fully saturated rings. The molecule has 1 saturated heterocycles. The Morgan fingerprint density at radius 1 is 0.613 bits per heavy atom. The molecule has 4 amide bonds. The van der Waals surface area contributed by atoms with Gasteiger partial charge in [-0.3, -0.25) is 19.2 Å². The van der Waals surface area contributed by atoms with Gasteiger partial charge in [-0.15, -0.1) is 0 Å². The number of hydrogen-bond acceptors (Lipinski definition) is 17. The van der Waals surface area contributed by atoms with Crippen molar-refractivity contribution in [3.63, 3.8) is 0 Å². The molecule has 2 aromatic carbocycles. The molecule has 0 radical (unpaired) electrons. The van der Waals surface area contributed by atoms with Crippen LogP contribution < -0.4 is 46.8 Å². The lowest BCUT2D eigenvalue weighted by Gasteiger charge is -2.33. The standard InChI is InChI=1S/C36H62N2O8.C30H49NO7.C5H12N2O.CH4/c1-23(2)26(19-25-13-14-31(44-11)32(20-25)45-18-12-17-43-10)21-28(38-34(42)46-35(5,6)7)30(40)22-27(24(3)4)29(39)15-16-36(8,9)33(37)41;1-19(2)22(15-21-11-12-25(35-9)27(16-21)36-14-10-13-34-8)17-24(31-29(33)38-30(5,6)7)26-18-23(20(3)4)28(32)37-26;1-5(2,3-6)4(7)8;/h13-14,20,23-24,26-28,30,40H,12,15-19,21-22H2,1-11H3,(H2,37,41)(H,38,42);11-12,16,19-20,22-24,26H,10,13-15,17-18H2,1-9H3,(H,31,33);3,6H2,1-2H3,(H2,7,8);1H4/t26-,27-,28-,30-;22-,23-,24-,26-;;/m00../s1. The largest absolute Gasteiger partial charge is 0.493 e. The van der Waals surface area contributed by atoms with E-state index >= 15 is 0 Å². The highest BCUT2D eigenvalue weighted by atomic mass is 16.6. The van der Waals surface area contributed by atoms with Crippen LogP contribution in [0.5, 0.6) is 23.0 Å². The number of hydrogen-bond donors (Lipinski definition) is 6. The van der Waals surface area contributed by atoms with Gasteiger partial charge in [0, 0.05) is 64.6 Å². The minimum atomic E-state index is -1.01. The molecule has 0 unspecified atom stereocenters. The third kappa shape index (κ3) is 33.4. The van der Waals surface area contributed by atoms with Gasteiger partial charge in [0.25, 0.3) is 0 Å². The molecule has 21 heteroatoms. The highest BCUT2D eigenvalue weighted by molar-refractivity contribution is 5.84. The van der Waals surface area contributed by atoms with E-state index in [0.29, 0.717) is 94.0 Å². The Kier molecular flexibility index (Phi) is 39.2. The van der Waals surface area contributed by atoms with Gasteiger partial charge < -0.3 is 75.6 Å². The average Bonchev–Trinajstić information content (AvgIpc) is 1.80. The number of ether oxygens (including phenoxy) is 9. The number of Topliss-reactive ketones (excluding diaryl/α,β-unsaturated/α-hetero) is 1. The lowest BCUT2D eigenvalue weighted by Crippen LogP contribution is -2.48. The summed E-state index contributed by atoms with van der Waals surface area (Å²) in [5.41, 5.74) is 15.2. The predicted octanol–water partition coefficient (Wildman–Crippen LogP) is 12.0. The van der Waals surface area contributed by atoms with E-state index in [2.05, 4.69) is 44.4 Å². The number of carbonyl (C=O) groups excluding carboxylic acids is 6. The van der Waals surface area contributed by atoms with Gasteiger partial charge in [0.15, 0.2) is 23.0 Å². The molecule has 1 aliphatic heterocycles. The lowest BCUT2D eigenvalue weighted by molar-refractivity contribution is -0.146. The molecule has 0 aliphatic carbocycles. The first-order valence-corrected chi connectivity index (χ1v) is 32.9. The quantitative estimate of drug-likeness (QED) is 0.0208. The van der Waals surface area contributed by atoms with Crippen molar-refractivity contribution < 1.29 is 76.5 Å². The molecule has 0 aromatic heterocycles. The first-order valence-electron chi connectivity index (χ1n) is 32.9. The van der Waals surface area contributed by atoms with Crippen LogP contribution in [0, 0.1) is 58.2 Å². The molecule has 21 nitrogen and oxygen atoms in total. The number of primary amides is 2. The molecule has 2 aromatic rings. The summed E-state index contributed by atoms with van der Waals surface area (Å²) in [6.45, 7) is 36.9. The van der Waals surface area contributed by atoms with Crippen LogP contribution in [0.25, 0.3) is 0 Å². The summed E-state index contributed by atoms with van der Waals surface area (Å²) in [5, 5.41) is 17.6. The number of nitrogens with one attached hydrogen (secondary N) is 2. The van der Waals surface area contributed by atoms with Crippen molar-refractivity contribution in [1.82, 2.24) is 10.6 Å². The molecule has 3 rings (SSSR count). The van der Waals surface area contributed by atoms with Gasteiger partial charge in [-0.25, -0.2) is 9.59 Å². The van der Waals surface area contributed by atoms with Crippen LogP contribution in [-0.2, 0) is 55.7 Å². The summed E-state index contributed by atoms with van der Waals surface area (Å²) in [7, 11) is 6.57. The number of carbonyl (C=O) groups is 6. The van der Waals surface area contributed by atoms with E-state index in [4.69, 9.17) is 59.8 Å². The van der Waals surface area contributed by atoms with Gasteiger partial charge in [-0.1, -0.05) is 88.8 Å². The van der Waals surface area contributed by atoms with Crippen molar-refractivity contribution >= 4 is 35.8 Å². The van der Waals surface area contributed by atoms with E-state index in [1.54, 1.807) is 76.9 Å². The van der Waals surface area contributed by atoms with Crippen LogP contribution in [-0.4, -0.2) is 138 Å². The molecule has 8 atom stereocenters. The Balaban J connectivity index is 0.00000163. The summed E-state index contributed by atoms with van der Waals surface area (Å²) >= 11 is 0. The van der Waals surface area contributed by atoms with E-state index in [0.717, 1.165) is 30.4 Å². The summed E-state index contributed by atoms with van der Waals surface area (Å²) < 4.78 is 50.2. The Hall–Kier alpha value is -5.90. The van der Waals surface area contributed by atoms with Gasteiger partial charge in [-0.05, 0) is 171 Å². The van der Waals surface area contributed by atoms with E-state index in [9.17, 15) is 33.9 Å². The maximum atomic E-state index is 13.4. The SMILES string of the molecule is C.CC(C)(CN)C(N)=O.COCCCOc1cc(C[C@@H](C[C@H](NC(=O)OC(C)(C)C)[C@@H](O)C[C@H](C(=O)CCC(C)(C)C(N)=O)C(C)C)C(C)C)ccc1OC.COCCCOc1cc(C[C@@H](C[C@H](NC(=O)OC(C)(C)C)[C@@H]2C[C@@H](C(C)C)C(=O)O2)C(C)C)ccc1OC. The number of rotatable bonds is 37. The molecule has 1 aliphatic rings. The molecule has 0 spiro atoms. The number of nitrogens with two attached hydrogens (primary N) is 3. The molecule has 9 N–H and O–H groups in total. The molecular formula is C72H127N5O16. The van der Waals surface area contributed by atoms with E-state index < -0.39 is 58.2 Å². The topological polar surface area (TPSA) is 308 Å². The second kappa shape index (κ2) is 41.8. The maximum Gasteiger partial charge on any atom is 0.408 e. The number of ketones is 1. The van der Waals surface area contributed by atoms with Crippen LogP contribution in [0.1, 0.15) is 195 Å². The number of cyclic esters (lactones) is 1. The number of alkyl carbamates (subject to hydrolysis) is 2. The molecule has 93 heavy (non-hydrogen) atoms. The molecule has 0 saturated carbocycles. The minimum Gasteiger partial charge on any atom is -0.493 e. The van der Waals surface area contributed by atoms with Crippen molar-refractivity contribution in [2.75, 3.05) is 61.4 Å². The first kappa shape index (κ1) is 87.1. The average molecular weight is 1320 g/mol. The third-order valence-electron chi connectivity index (χ3n) is 16.7. The molecule has 536 valence electrons. The van der Waals surface area contributed by atoms with Gasteiger partial charge in [0.2, 0.25) is 11.8 Å². The van der Waals surface area contributed by atoms with E-state index in [1.807, 2.05) is 78.8 Å². The number of aliphatic hydroxyl groups is 1. The normalized spacial score (nSPS) is 16.2. The fourth-order valence-corrected chi connectivity index (χ4v) is 10.1. The van der Waals surface area contributed by atoms with E-state index in [-0.39, 0.29) is 85.6 Å². The zero-order valence-corrected chi connectivity index (χ0v) is 60.3. The minimum absolute atomic E-state index is 0. The monoisotopic (exact) mass is 1320 g/mol. The van der Waals surface area contributed by atoms with Gasteiger partial charge in [-0.2, -0.15) is 0 Å². The number of aliphatic hydroxyl groups excluding tert-OH is 1. The van der Waals surface area contributed by atoms with Crippen molar-refractivity contribution in [1.29, 1.82) is 0 Å². The maximum absolute atomic E-state index is 13.4. The number of methoxy groups -OCH3 is 4. The van der Waals surface area contributed by atoms with Crippen LogP contribution in [0.15, 0.2) is 36.4 Å². The fraction of sp³-hybridized carbons (Fsp3) is 0.750. The Labute approximate surface area is 559 Å². The lowest BCUT2D eigenvalue weighted by atomic mass is 9.78. The zero-order chi connectivity index (χ0) is 70.5. The fourth-order valence-electron chi connectivity index (χ4n) is 10.1. The van der Waals surface area contributed by atoms with Crippen LogP contribution in [0.3, 0.4) is 0 Å². The first-order chi connectivity index (χ1) is 42.6. The van der Waals surface area contributed by atoms with Crippen LogP contribution in [0.2, 0.25) is 0 Å². The van der Waals surface area contributed by atoms with Gasteiger partial charge in [0.05, 0.1) is 57.0 Å². The van der Waals surface area contributed by atoms with Crippen molar-refractivity contribution in [3.8, 4) is 23.0 Å². The highest BCUT2D eigenvalue weighted by Gasteiger charge is 2.43. The summed E-state index contributed by atoms with van der Waals surface area (Å²) in [4.78, 5) is 73.9. The molecule has 0 bridgehead atoms. The second-order valence-corrected chi connectivity index (χ2v) is 29.1. The summed E-state index contributed by atoms with van der Waals surface area (Å²) in [6.07, 6.45) is 2.83. The van der Waals surface area contributed by atoms with Gasteiger partial charge >= 0.3 is 18.2 Å². The predicted molar refractivity (Wildman–Crippen MR) is 367 cm³/mol. The van der Waals surface area contributed by atoms with Gasteiger partial charge in [0.1, 0.15) is 23.1 Å². The number of amides is 4. The third-order valence-corrected chi connectivity index (χ3v) is 16.7. The van der Waals surface area contributed by atoms with E-state index in [1.165, 1.54) is 0 Å². The summed E-state index contributed by atoms with van der Waals surface area (Å²) in [6, 6.07) is 10.9. The Morgan fingerprint density at radius 3 is 1.41 bits per heavy atom.